The number of rotatable bonds is 9. The summed E-state index contributed by atoms with van der Waals surface area (Å²) in [5.41, 5.74) is 0.928. The molecule has 1 unspecified atom stereocenters. The molecule has 0 spiro atoms. The highest BCUT2D eigenvalue weighted by atomic mass is 32.2. The lowest BCUT2D eigenvalue weighted by Gasteiger charge is -2.26. The first-order valence-electron chi connectivity index (χ1n) is 10.7. The molecule has 1 heterocycles. The van der Waals surface area contributed by atoms with Gasteiger partial charge in [0.2, 0.25) is 10.0 Å². The predicted octanol–water partition coefficient (Wildman–Crippen LogP) is 1.97. The van der Waals surface area contributed by atoms with Crippen LogP contribution in [0.15, 0.2) is 53.4 Å². The van der Waals surface area contributed by atoms with Crippen LogP contribution in [0, 0.1) is 0 Å². The van der Waals surface area contributed by atoms with Gasteiger partial charge in [0.1, 0.15) is 10.6 Å². The average Bonchev–Trinajstić information content (AvgIpc) is 2.86. The van der Waals surface area contributed by atoms with Crippen LogP contribution in [0.25, 0.3) is 0 Å². The highest BCUT2D eigenvalue weighted by molar-refractivity contribution is 7.89. The fraction of sp³-hybridized carbons (Fsp3) is 0.391. The molecule has 178 valence electrons. The Balaban J connectivity index is 1.74. The molecule has 1 N–H and O–H groups in total. The molecule has 9 nitrogen and oxygen atoms in total. The van der Waals surface area contributed by atoms with Crippen molar-refractivity contribution in [3.05, 3.63) is 59.7 Å². The number of nitrogens with one attached hydrogen (secondary N) is 1. The van der Waals surface area contributed by atoms with Crippen molar-refractivity contribution in [3.8, 4) is 5.75 Å². The first-order valence-corrected chi connectivity index (χ1v) is 12.1. The van der Waals surface area contributed by atoms with Gasteiger partial charge in [0.25, 0.3) is 5.91 Å². The Morgan fingerprint density at radius 1 is 1.12 bits per heavy atom. The molecular formula is C23H28N2O7S. The molecule has 1 aliphatic heterocycles. The van der Waals surface area contributed by atoms with Crippen molar-refractivity contribution in [1.82, 2.24) is 9.62 Å². The third kappa shape index (κ3) is 6.10. The Morgan fingerprint density at radius 3 is 2.45 bits per heavy atom. The second-order valence-corrected chi connectivity index (χ2v) is 9.29. The van der Waals surface area contributed by atoms with Gasteiger partial charge in [0.15, 0.2) is 6.10 Å². The van der Waals surface area contributed by atoms with Crippen molar-refractivity contribution < 1.29 is 32.2 Å². The maximum absolute atomic E-state index is 13.1. The number of esters is 1. The molecule has 2 aromatic carbocycles. The standard InChI is InChI=1S/C23H28N2O7S/c1-3-19(22(26)24-16-17-7-5-4-6-8-17)32-23(27)18-9-10-20(30-2)21(15-18)33(28,29)25-11-13-31-14-12-25/h4-10,15,19H,3,11-14,16H2,1-2H3,(H,24,26). The summed E-state index contributed by atoms with van der Waals surface area (Å²) in [6, 6.07) is 13.4. The number of nitrogens with zero attached hydrogens (tertiary/aromatic N) is 1. The van der Waals surface area contributed by atoms with Gasteiger partial charge in [-0.25, -0.2) is 13.2 Å². The predicted molar refractivity (Wildman–Crippen MR) is 120 cm³/mol. The maximum atomic E-state index is 13.1. The van der Waals surface area contributed by atoms with Gasteiger partial charge in [-0.1, -0.05) is 37.3 Å². The van der Waals surface area contributed by atoms with E-state index >= 15 is 0 Å². The van der Waals surface area contributed by atoms with Crippen LogP contribution in [0.3, 0.4) is 0 Å². The van der Waals surface area contributed by atoms with Gasteiger partial charge in [-0.2, -0.15) is 4.31 Å². The van der Waals surface area contributed by atoms with Gasteiger partial charge in [-0.15, -0.1) is 0 Å². The first kappa shape index (κ1) is 24.7. The van der Waals surface area contributed by atoms with Gasteiger partial charge in [0.05, 0.1) is 25.9 Å². The molecule has 10 heteroatoms. The van der Waals surface area contributed by atoms with Gasteiger partial charge in [-0.3, -0.25) is 4.79 Å². The van der Waals surface area contributed by atoms with Crippen LogP contribution in [0.5, 0.6) is 5.75 Å². The van der Waals surface area contributed by atoms with Crippen molar-refractivity contribution in [3.63, 3.8) is 0 Å². The van der Waals surface area contributed by atoms with Crippen molar-refractivity contribution in [2.45, 2.75) is 30.9 Å². The van der Waals surface area contributed by atoms with Crippen molar-refractivity contribution in [1.29, 1.82) is 0 Å². The molecule has 0 bridgehead atoms. The number of hydrogen-bond donors (Lipinski definition) is 1. The lowest BCUT2D eigenvalue weighted by Crippen LogP contribution is -2.40. The largest absolute Gasteiger partial charge is 0.495 e. The average molecular weight is 477 g/mol. The normalized spacial score (nSPS) is 15.5. The maximum Gasteiger partial charge on any atom is 0.338 e. The summed E-state index contributed by atoms with van der Waals surface area (Å²) in [4.78, 5) is 25.2. The molecule has 1 aliphatic rings. The number of sulfonamides is 1. The van der Waals surface area contributed by atoms with Gasteiger partial charge >= 0.3 is 5.97 Å². The van der Waals surface area contributed by atoms with Crippen LogP contribution in [0.2, 0.25) is 0 Å². The molecule has 33 heavy (non-hydrogen) atoms. The minimum absolute atomic E-state index is 0.0111. The van der Waals surface area contributed by atoms with Gasteiger partial charge in [-0.05, 0) is 30.2 Å². The number of ether oxygens (including phenoxy) is 3. The van der Waals surface area contributed by atoms with Crippen LogP contribution >= 0.6 is 0 Å². The molecular weight excluding hydrogens is 448 g/mol. The highest BCUT2D eigenvalue weighted by Crippen LogP contribution is 2.29. The second-order valence-electron chi connectivity index (χ2n) is 7.39. The van der Waals surface area contributed by atoms with E-state index in [1.54, 1.807) is 6.92 Å². The number of methoxy groups -OCH3 is 1. The molecule has 0 radical (unpaired) electrons. The van der Waals surface area contributed by atoms with E-state index in [2.05, 4.69) is 5.32 Å². The summed E-state index contributed by atoms with van der Waals surface area (Å²) in [5, 5.41) is 2.75. The Labute approximate surface area is 193 Å². The Hall–Kier alpha value is -2.95. The van der Waals surface area contributed by atoms with Crippen molar-refractivity contribution in [2.75, 3.05) is 33.4 Å². The fourth-order valence-electron chi connectivity index (χ4n) is 3.35. The lowest BCUT2D eigenvalue weighted by atomic mass is 10.2. The Kier molecular flexibility index (Phi) is 8.43. The van der Waals surface area contributed by atoms with E-state index in [0.717, 1.165) is 5.56 Å². The Morgan fingerprint density at radius 2 is 1.82 bits per heavy atom. The molecule has 0 aliphatic carbocycles. The molecule has 1 fully saturated rings. The molecule has 0 aromatic heterocycles. The molecule has 3 rings (SSSR count). The number of carbonyl (C=O) groups is 2. The van der Waals surface area contributed by atoms with Gasteiger partial charge in [0, 0.05) is 19.6 Å². The second kappa shape index (κ2) is 11.3. The lowest BCUT2D eigenvalue weighted by molar-refractivity contribution is -0.130. The monoisotopic (exact) mass is 476 g/mol. The molecule has 1 amide bonds. The van der Waals surface area contributed by atoms with Gasteiger partial charge < -0.3 is 19.5 Å². The SMILES string of the molecule is CCC(OC(=O)c1ccc(OC)c(S(=O)(=O)N2CCOCC2)c1)C(=O)NCc1ccccc1. The third-order valence-corrected chi connectivity index (χ3v) is 7.13. The summed E-state index contributed by atoms with van der Waals surface area (Å²) >= 11 is 0. The van der Waals surface area contributed by atoms with Crippen molar-refractivity contribution >= 4 is 21.9 Å². The summed E-state index contributed by atoms with van der Waals surface area (Å²) in [5.74, 6) is -1.10. The number of hydrogen-bond acceptors (Lipinski definition) is 7. The van der Waals surface area contributed by atoms with Crippen LogP contribution in [0.4, 0.5) is 0 Å². The number of benzene rings is 2. The smallest absolute Gasteiger partial charge is 0.338 e. The van der Waals surface area contributed by atoms with Crippen LogP contribution in [0.1, 0.15) is 29.3 Å². The van der Waals surface area contributed by atoms with E-state index in [-0.39, 0.29) is 35.7 Å². The molecule has 2 aromatic rings. The number of carbonyl (C=O) groups excluding carboxylic acids is 2. The summed E-state index contributed by atoms with van der Waals surface area (Å²) in [7, 11) is -2.55. The van der Waals surface area contributed by atoms with E-state index in [9.17, 15) is 18.0 Å². The minimum Gasteiger partial charge on any atom is -0.495 e. The first-order chi connectivity index (χ1) is 15.9. The van der Waals surface area contributed by atoms with Crippen LogP contribution in [-0.4, -0.2) is 64.1 Å². The van der Waals surface area contributed by atoms with Crippen LogP contribution in [-0.2, 0) is 30.8 Å². The topological polar surface area (TPSA) is 111 Å². The molecule has 1 atom stereocenters. The summed E-state index contributed by atoms with van der Waals surface area (Å²) in [6.07, 6.45) is -0.746. The van der Waals surface area contributed by atoms with Crippen molar-refractivity contribution in [2.24, 2.45) is 0 Å². The summed E-state index contributed by atoms with van der Waals surface area (Å²) < 4.78 is 43.4. The third-order valence-electron chi connectivity index (χ3n) is 5.21. The summed E-state index contributed by atoms with van der Waals surface area (Å²) in [6.45, 7) is 3.03. The van der Waals surface area contributed by atoms with E-state index in [1.165, 1.54) is 29.6 Å². The molecule has 1 saturated heterocycles. The minimum atomic E-state index is -3.91. The zero-order valence-electron chi connectivity index (χ0n) is 18.7. The van der Waals surface area contributed by atoms with E-state index in [1.807, 2.05) is 30.3 Å². The Bertz CT molecular complexity index is 1070. The number of amides is 1. The quantitative estimate of drug-likeness (QED) is 0.551. The number of morpholine rings is 1. The van der Waals surface area contributed by atoms with E-state index < -0.39 is 28.0 Å². The highest BCUT2D eigenvalue weighted by Gasteiger charge is 2.31. The van der Waals surface area contributed by atoms with E-state index in [0.29, 0.717) is 19.8 Å². The zero-order valence-corrected chi connectivity index (χ0v) is 19.5. The molecule has 0 saturated carbocycles. The zero-order chi connectivity index (χ0) is 23.8. The van der Waals surface area contributed by atoms with Crippen LogP contribution < -0.4 is 10.1 Å². The fourth-order valence-corrected chi connectivity index (χ4v) is 4.94. The van der Waals surface area contributed by atoms with E-state index in [4.69, 9.17) is 14.2 Å².